The standard InChI is InChI=1S/C24H33N4O5/c1-23(2,22(31)27-32)16-24(3,4)28(33)26-19-12-8-11-18(13-19)15-25-20(21(29)30)14-17-9-6-5-7-10-17/h5-13,20,25-26,32H,14-16H2,1-4H3,(H,27,31)(H,29,30)/q-1/t20-/m0/s1. The lowest BCUT2D eigenvalue weighted by Crippen LogP contribution is -2.49. The molecule has 0 aromatic heterocycles. The molecular weight excluding hydrogens is 424 g/mol. The summed E-state index contributed by atoms with van der Waals surface area (Å²) in [5, 5.41) is 35.0. The van der Waals surface area contributed by atoms with Gasteiger partial charge in [-0.1, -0.05) is 56.3 Å². The molecular formula is C24H33N4O5-. The molecule has 1 amide bonds. The molecule has 0 saturated carbocycles. The van der Waals surface area contributed by atoms with E-state index in [1.165, 1.54) is 0 Å². The average molecular weight is 458 g/mol. The number of carbonyl (C=O) groups excluding carboxylic acids is 1. The van der Waals surface area contributed by atoms with E-state index in [1.807, 2.05) is 36.4 Å². The Hall–Kier alpha value is -2.98. The van der Waals surface area contributed by atoms with Crippen LogP contribution in [0.25, 0.3) is 0 Å². The molecule has 0 aliphatic heterocycles. The van der Waals surface area contributed by atoms with Crippen LogP contribution in [0, 0.1) is 10.6 Å². The number of aliphatic carboxylic acids is 1. The van der Waals surface area contributed by atoms with Crippen LogP contribution in [0.15, 0.2) is 54.6 Å². The topological polar surface area (TPSA) is 137 Å². The first-order chi connectivity index (χ1) is 15.4. The molecule has 33 heavy (non-hydrogen) atoms. The van der Waals surface area contributed by atoms with Gasteiger partial charge in [-0.2, -0.15) is 0 Å². The smallest absolute Gasteiger partial charge is 0.321 e. The van der Waals surface area contributed by atoms with Crippen molar-refractivity contribution in [2.45, 2.75) is 58.7 Å². The van der Waals surface area contributed by atoms with E-state index < -0.39 is 28.9 Å². The van der Waals surface area contributed by atoms with Gasteiger partial charge in [0.1, 0.15) is 6.04 Å². The zero-order chi connectivity index (χ0) is 24.6. The number of carboxylic acids is 1. The number of benzene rings is 2. The molecule has 0 bridgehead atoms. The molecule has 1 atom stereocenters. The average Bonchev–Trinajstić information content (AvgIpc) is 2.76. The second kappa shape index (κ2) is 11.2. The summed E-state index contributed by atoms with van der Waals surface area (Å²) in [6, 6.07) is 15.8. The third kappa shape index (κ3) is 7.83. The van der Waals surface area contributed by atoms with Gasteiger partial charge >= 0.3 is 5.97 Å². The fourth-order valence-corrected chi connectivity index (χ4v) is 3.74. The predicted octanol–water partition coefficient (Wildman–Crippen LogP) is 3.30. The Morgan fingerprint density at radius 1 is 1.03 bits per heavy atom. The van der Waals surface area contributed by atoms with Crippen molar-refractivity contribution in [3.63, 3.8) is 0 Å². The van der Waals surface area contributed by atoms with Gasteiger partial charge in [0.05, 0.1) is 0 Å². The minimum absolute atomic E-state index is 0.184. The SMILES string of the molecule is CC(C)(CC(C)(C)N([O-])Nc1cccc(CN[C@@H](Cc2ccccc2)C(=O)O)c1)C(=O)NO. The maximum atomic E-state index is 12.8. The van der Waals surface area contributed by atoms with Crippen molar-refractivity contribution in [1.29, 1.82) is 0 Å². The van der Waals surface area contributed by atoms with Crippen LogP contribution >= 0.6 is 0 Å². The summed E-state index contributed by atoms with van der Waals surface area (Å²) in [6.07, 6.45) is 0.539. The Morgan fingerprint density at radius 3 is 2.27 bits per heavy atom. The lowest BCUT2D eigenvalue weighted by atomic mass is 9.79. The van der Waals surface area contributed by atoms with Crippen LogP contribution in [0.4, 0.5) is 5.69 Å². The number of carboxylic acid groups (broad SMARTS) is 1. The minimum Gasteiger partial charge on any atom is -0.767 e. The van der Waals surface area contributed by atoms with Crippen molar-refractivity contribution >= 4 is 17.6 Å². The predicted molar refractivity (Wildman–Crippen MR) is 126 cm³/mol. The van der Waals surface area contributed by atoms with Crippen LogP contribution in [0.1, 0.15) is 45.2 Å². The van der Waals surface area contributed by atoms with Crippen LogP contribution in [-0.4, -0.2) is 38.9 Å². The number of hydrogen-bond acceptors (Lipinski definition) is 7. The highest BCUT2D eigenvalue weighted by Crippen LogP contribution is 2.32. The summed E-state index contributed by atoms with van der Waals surface area (Å²) in [5.74, 6) is -1.50. The number of anilines is 1. The van der Waals surface area contributed by atoms with Gasteiger partial charge in [0.15, 0.2) is 0 Å². The summed E-state index contributed by atoms with van der Waals surface area (Å²) >= 11 is 0. The Balaban J connectivity index is 2.01. The molecule has 0 heterocycles. The third-order valence-corrected chi connectivity index (χ3v) is 5.43. The van der Waals surface area contributed by atoms with Gasteiger partial charge in [0, 0.05) is 23.2 Å². The number of nitrogens with one attached hydrogen (secondary N) is 3. The molecule has 0 unspecified atom stereocenters. The van der Waals surface area contributed by atoms with E-state index in [2.05, 4.69) is 10.7 Å². The van der Waals surface area contributed by atoms with Crippen LogP contribution in [0.2, 0.25) is 0 Å². The van der Waals surface area contributed by atoms with E-state index in [4.69, 9.17) is 5.21 Å². The second-order valence-electron chi connectivity index (χ2n) is 9.38. The fraction of sp³-hybridized carbons (Fsp3) is 0.417. The van der Waals surface area contributed by atoms with E-state index in [0.717, 1.165) is 11.1 Å². The highest BCUT2D eigenvalue weighted by atomic mass is 16.5. The van der Waals surface area contributed by atoms with Gasteiger partial charge in [0.25, 0.3) is 0 Å². The molecule has 0 spiro atoms. The summed E-state index contributed by atoms with van der Waals surface area (Å²) in [7, 11) is 0. The maximum Gasteiger partial charge on any atom is 0.321 e. The molecule has 0 fully saturated rings. The minimum atomic E-state index is -0.964. The first kappa shape index (κ1) is 26.3. The van der Waals surface area contributed by atoms with Crippen molar-refractivity contribution in [2.75, 3.05) is 5.43 Å². The summed E-state index contributed by atoms with van der Waals surface area (Å²) in [5.41, 5.74) is 4.79. The van der Waals surface area contributed by atoms with Crippen molar-refractivity contribution in [3.05, 3.63) is 70.9 Å². The number of rotatable bonds is 12. The van der Waals surface area contributed by atoms with Gasteiger partial charge in [-0.25, -0.2) is 5.48 Å². The van der Waals surface area contributed by atoms with Crippen molar-refractivity contribution < 1.29 is 19.9 Å². The third-order valence-electron chi connectivity index (χ3n) is 5.43. The summed E-state index contributed by atoms with van der Waals surface area (Å²) in [6.45, 7) is 7.01. The number of nitrogens with zero attached hydrogens (tertiary/aromatic N) is 1. The molecule has 9 nitrogen and oxygen atoms in total. The highest BCUT2D eigenvalue weighted by Gasteiger charge is 2.35. The van der Waals surface area contributed by atoms with E-state index >= 15 is 0 Å². The fourth-order valence-electron chi connectivity index (χ4n) is 3.74. The monoisotopic (exact) mass is 457 g/mol. The molecule has 0 saturated heterocycles. The Labute approximate surface area is 194 Å². The van der Waals surface area contributed by atoms with Gasteiger partial charge in [-0.3, -0.25) is 20.0 Å². The largest absolute Gasteiger partial charge is 0.767 e. The van der Waals surface area contributed by atoms with Gasteiger partial charge in [-0.15, -0.1) is 0 Å². The summed E-state index contributed by atoms with van der Waals surface area (Å²) < 4.78 is 0. The Kier molecular flexibility index (Phi) is 8.95. The molecule has 0 radical (unpaired) electrons. The van der Waals surface area contributed by atoms with Crippen molar-refractivity contribution in [1.82, 2.24) is 16.0 Å². The lowest BCUT2D eigenvalue weighted by Gasteiger charge is -2.47. The van der Waals surface area contributed by atoms with Crippen LogP contribution in [0.5, 0.6) is 0 Å². The van der Waals surface area contributed by atoms with E-state index in [1.54, 1.807) is 51.4 Å². The van der Waals surface area contributed by atoms with Crippen LogP contribution < -0.4 is 16.2 Å². The molecule has 0 aliphatic rings. The first-order valence-electron chi connectivity index (χ1n) is 10.7. The summed E-state index contributed by atoms with van der Waals surface area (Å²) in [4.78, 5) is 23.5. The quantitative estimate of drug-likeness (QED) is 0.242. The molecule has 2 rings (SSSR count). The van der Waals surface area contributed by atoms with E-state index in [-0.39, 0.29) is 6.42 Å². The molecule has 2 aromatic carbocycles. The molecule has 180 valence electrons. The number of hydrazine groups is 1. The number of hydrogen-bond donors (Lipinski definition) is 5. The van der Waals surface area contributed by atoms with Crippen molar-refractivity contribution in [2.24, 2.45) is 5.41 Å². The number of amides is 1. The van der Waals surface area contributed by atoms with E-state index in [9.17, 15) is 19.9 Å². The number of hydroxylamine groups is 2. The van der Waals surface area contributed by atoms with Crippen LogP contribution in [-0.2, 0) is 22.6 Å². The molecule has 9 heteroatoms. The lowest BCUT2D eigenvalue weighted by molar-refractivity contribution is -0.140. The van der Waals surface area contributed by atoms with Gasteiger partial charge in [-0.05, 0) is 49.9 Å². The molecule has 5 N–H and O–H groups in total. The highest BCUT2D eigenvalue weighted by molar-refractivity contribution is 5.80. The van der Waals surface area contributed by atoms with Gasteiger partial charge < -0.3 is 21.1 Å². The second-order valence-corrected chi connectivity index (χ2v) is 9.38. The maximum absolute atomic E-state index is 12.8. The van der Waals surface area contributed by atoms with Gasteiger partial charge in [0.2, 0.25) is 5.91 Å². The van der Waals surface area contributed by atoms with Crippen LogP contribution in [0.3, 0.4) is 0 Å². The van der Waals surface area contributed by atoms with Crippen molar-refractivity contribution in [3.8, 4) is 0 Å². The Morgan fingerprint density at radius 2 is 1.67 bits per heavy atom. The first-order valence-corrected chi connectivity index (χ1v) is 10.7. The normalized spacial score (nSPS) is 12.9. The molecule has 2 aromatic rings. The Bertz CT molecular complexity index is 933. The molecule has 0 aliphatic carbocycles. The zero-order valence-corrected chi connectivity index (χ0v) is 19.5. The van der Waals surface area contributed by atoms with E-state index in [0.29, 0.717) is 23.8 Å². The zero-order valence-electron chi connectivity index (χ0n) is 19.5. The number of carbonyl (C=O) groups is 2.